The summed E-state index contributed by atoms with van der Waals surface area (Å²) in [5, 5.41) is 4.17. The summed E-state index contributed by atoms with van der Waals surface area (Å²) in [5.41, 5.74) is 5.74. The Labute approximate surface area is 124 Å². The summed E-state index contributed by atoms with van der Waals surface area (Å²) in [5.74, 6) is 1.20. The van der Waals surface area contributed by atoms with E-state index in [2.05, 4.69) is 29.1 Å². The summed E-state index contributed by atoms with van der Waals surface area (Å²) in [6.07, 6.45) is 2.96. The Balaban J connectivity index is 0.00000256. The number of aryl methyl sites for hydroxylation is 1. The molecule has 1 rings (SSSR count). The van der Waals surface area contributed by atoms with E-state index in [0.29, 0.717) is 18.4 Å². The second kappa shape index (κ2) is 8.68. The van der Waals surface area contributed by atoms with Gasteiger partial charge in [0.15, 0.2) is 5.96 Å². The zero-order valence-corrected chi connectivity index (χ0v) is 13.7. The van der Waals surface area contributed by atoms with Gasteiger partial charge in [-0.2, -0.15) is 0 Å². The third-order valence-corrected chi connectivity index (χ3v) is 3.00. The minimum absolute atomic E-state index is 0. The second-order valence-electron chi connectivity index (χ2n) is 4.16. The molecule has 0 aliphatic rings. The molecule has 0 aromatic carbocycles. The molecule has 1 heterocycles. The molecule has 0 aliphatic heterocycles. The number of aromatic nitrogens is 1. The van der Waals surface area contributed by atoms with Crippen molar-refractivity contribution in [3.63, 3.8) is 0 Å². The van der Waals surface area contributed by atoms with Gasteiger partial charge >= 0.3 is 0 Å². The van der Waals surface area contributed by atoms with Crippen molar-refractivity contribution in [3.05, 3.63) is 16.1 Å². The average Bonchev–Trinajstić information content (AvgIpc) is 2.61. The Hall–Kier alpha value is -0.370. The zero-order chi connectivity index (χ0) is 12.0. The molecule has 4 nitrogen and oxygen atoms in total. The monoisotopic (exact) mass is 368 g/mol. The van der Waals surface area contributed by atoms with Gasteiger partial charge in [0.1, 0.15) is 0 Å². The van der Waals surface area contributed by atoms with E-state index in [1.807, 2.05) is 13.1 Å². The number of aliphatic imine (C=N–C) groups is 1. The van der Waals surface area contributed by atoms with Crippen molar-refractivity contribution in [3.8, 4) is 0 Å². The molecule has 0 unspecified atom stereocenters. The van der Waals surface area contributed by atoms with Gasteiger partial charge in [0, 0.05) is 17.6 Å². The van der Waals surface area contributed by atoms with Crippen molar-refractivity contribution >= 4 is 41.3 Å². The topological polar surface area (TPSA) is 63.3 Å². The number of hydrogen-bond acceptors (Lipinski definition) is 3. The molecule has 3 N–H and O–H groups in total. The highest BCUT2D eigenvalue weighted by Gasteiger charge is 1.98. The van der Waals surface area contributed by atoms with Gasteiger partial charge in [-0.1, -0.05) is 13.8 Å². The van der Waals surface area contributed by atoms with E-state index in [1.165, 1.54) is 0 Å². The van der Waals surface area contributed by atoms with Gasteiger partial charge in [0.05, 0.1) is 11.6 Å². The van der Waals surface area contributed by atoms with E-state index in [0.717, 1.165) is 22.9 Å². The standard InChI is InChI=1S/C11H20N4S.HI/c1-8(2)4-5-13-11(12)15-7-10-6-14-9(3)16-10;/h6,8H,4-5,7H2,1-3H3,(H3,12,13,15);1H. The molecule has 6 heteroatoms. The largest absolute Gasteiger partial charge is 0.370 e. The fraction of sp³-hybridized carbons (Fsp3) is 0.636. The Morgan fingerprint density at radius 2 is 2.29 bits per heavy atom. The summed E-state index contributed by atoms with van der Waals surface area (Å²) in [6, 6.07) is 0. The third-order valence-electron chi connectivity index (χ3n) is 2.10. The Bertz CT molecular complexity index is 349. The van der Waals surface area contributed by atoms with E-state index >= 15 is 0 Å². The average molecular weight is 368 g/mol. The highest BCUT2D eigenvalue weighted by atomic mass is 127. The van der Waals surface area contributed by atoms with Crippen LogP contribution < -0.4 is 11.1 Å². The van der Waals surface area contributed by atoms with Gasteiger partial charge in [-0.3, -0.25) is 0 Å². The van der Waals surface area contributed by atoms with Gasteiger partial charge in [0.25, 0.3) is 0 Å². The van der Waals surface area contributed by atoms with Crippen molar-refractivity contribution in [2.24, 2.45) is 16.6 Å². The van der Waals surface area contributed by atoms with Crippen LogP contribution in [-0.2, 0) is 6.54 Å². The number of guanidine groups is 1. The molecule has 17 heavy (non-hydrogen) atoms. The molecule has 1 aromatic heterocycles. The van der Waals surface area contributed by atoms with Crippen molar-refractivity contribution < 1.29 is 0 Å². The zero-order valence-electron chi connectivity index (χ0n) is 10.6. The van der Waals surface area contributed by atoms with Crippen LogP contribution in [0.5, 0.6) is 0 Å². The highest BCUT2D eigenvalue weighted by Crippen LogP contribution is 2.11. The first kappa shape index (κ1) is 16.6. The van der Waals surface area contributed by atoms with Crippen LogP contribution in [0.1, 0.15) is 30.2 Å². The van der Waals surface area contributed by atoms with Crippen LogP contribution in [0.2, 0.25) is 0 Å². The maximum absolute atomic E-state index is 5.74. The first-order valence-corrected chi connectivity index (χ1v) is 6.34. The first-order chi connectivity index (χ1) is 7.58. The van der Waals surface area contributed by atoms with Crippen LogP contribution in [0.4, 0.5) is 0 Å². The summed E-state index contributed by atoms with van der Waals surface area (Å²) in [7, 11) is 0. The number of hydrogen-bond donors (Lipinski definition) is 2. The number of thiazole rings is 1. The van der Waals surface area contributed by atoms with Gasteiger partial charge < -0.3 is 11.1 Å². The smallest absolute Gasteiger partial charge is 0.188 e. The van der Waals surface area contributed by atoms with E-state index < -0.39 is 0 Å². The van der Waals surface area contributed by atoms with Crippen molar-refractivity contribution in [2.45, 2.75) is 33.7 Å². The fourth-order valence-electron chi connectivity index (χ4n) is 1.19. The molecular weight excluding hydrogens is 347 g/mol. The van der Waals surface area contributed by atoms with Crippen molar-refractivity contribution in [2.75, 3.05) is 6.54 Å². The summed E-state index contributed by atoms with van der Waals surface area (Å²) in [4.78, 5) is 9.57. The lowest BCUT2D eigenvalue weighted by Crippen LogP contribution is -2.32. The SMILES string of the molecule is Cc1ncc(CN=C(N)NCCC(C)C)s1.I. The predicted octanol–water partition coefficient (Wildman–Crippen LogP) is 2.52. The molecule has 0 bridgehead atoms. The quantitative estimate of drug-likeness (QED) is 0.477. The molecule has 0 saturated carbocycles. The maximum Gasteiger partial charge on any atom is 0.188 e. The van der Waals surface area contributed by atoms with Gasteiger partial charge in [-0.15, -0.1) is 35.3 Å². The fourth-order valence-corrected chi connectivity index (χ4v) is 1.91. The number of halogens is 1. The number of rotatable bonds is 5. The number of nitrogens with one attached hydrogen (secondary N) is 1. The lowest BCUT2D eigenvalue weighted by atomic mass is 10.1. The van der Waals surface area contributed by atoms with Crippen LogP contribution in [-0.4, -0.2) is 17.5 Å². The van der Waals surface area contributed by atoms with Crippen molar-refractivity contribution in [1.29, 1.82) is 0 Å². The molecule has 0 atom stereocenters. The van der Waals surface area contributed by atoms with Crippen LogP contribution in [0.25, 0.3) is 0 Å². The second-order valence-corrected chi connectivity index (χ2v) is 5.48. The van der Waals surface area contributed by atoms with Crippen LogP contribution in [0.3, 0.4) is 0 Å². The van der Waals surface area contributed by atoms with E-state index in [-0.39, 0.29) is 24.0 Å². The van der Waals surface area contributed by atoms with Gasteiger partial charge in [-0.05, 0) is 19.3 Å². The van der Waals surface area contributed by atoms with Gasteiger partial charge in [-0.25, -0.2) is 9.98 Å². The Morgan fingerprint density at radius 3 is 2.82 bits per heavy atom. The van der Waals surface area contributed by atoms with E-state index in [9.17, 15) is 0 Å². The molecule has 98 valence electrons. The normalized spacial score (nSPS) is 11.4. The highest BCUT2D eigenvalue weighted by molar-refractivity contribution is 14.0. The third kappa shape index (κ3) is 7.54. The molecule has 0 radical (unpaired) electrons. The minimum atomic E-state index is 0. The first-order valence-electron chi connectivity index (χ1n) is 5.53. The minimum Gasteiger partial charge on any atom is -0.370 e. The van der Waals surface area contributed by atoms with Crippen molar-refractivity contribution in [1.82, 2.24) is 10.3 Å². The summed E-state index contributed by atoms with van der Waals surface area (Å²) < 4.78 is 0. The lowest BCUT2D eigenvalue weighted by Gasteiger charge is -2.06. The number of nitrogens with zero attached hydrogens (tertiary/aromatic N) is 2. The Kier molecular flexibility index (Phi) is 8.49. The molecule has 0 fully saturated rings. The van der Waals surface area contributed by atoms with Crippen LogP contribution >= 0.6 is 35.3 Å². The molecule has 1 aromatic rings. The molecule has 0 saturated heterocycles. The molecule has 0 aliphatic carbocycles. The number of nitrogens with two attached hydrogens (primary N) is 1. The summed E-state index contributed by atoms with van der Waals surface area (Å²) in [6.45, 7) is 7.87. The van der Waals surface area contributed by atoms with Gasteiger partial charge in [0.2, 0.25) is 0 Å². The van der Waals surface area contributed by atoms with E-state index in [1.54, 1.807) is 11.3 Å². The summed E-state index contributed by atoms with van der Waals surface area (Å²) >= 11 is 1.66. The molecular formula is C11H21IN4S. The lowest BCUT2D eigenvalue weighted by molar-refractivity contribution is 0.576. The van der Waals surface area contributed by atoms with E-state index in [4.69, 9.17) is 5.73 Å². The molecule has 0 spiro atoms. The predicted molar refractivity (Wildman–Crippen MR) is 85.1 cm³/mol. The maximum atomic E-state index is 5.74. The molecule has 0 amide bonds. The van der Waals surface area contributed by atoms with Crippen LogP contribution in [0, 0.1) is 12.8 Å². The van der Waals surface area contributed by atoms with Crippen LogP contribution in [0.15, 0.2) is 11.2 Å². The Morgan fingerprint density at radius 1 is 1.59 bits per heavy atom.